The molecule has 2 heterocycles. The van der Waals surface area contributed by atoms with Gasteiger partial charge in [0.05, 0.1) is 17.4 Å². The van der Waals surface area contributed by atoms with E-state index in [2.05, 4.69) is 41.5 Å². The quantitative estimate of drug-likeness (QED) is 0.414. The topological polar surface area (TPSA) is 70.1 Å². The van der Waals surface area contributed by atoms with Crippen molar-refractivity contribution in [3.63, 3.8) is 0 Å². The lowest BCUT2D eigenvalue weighted by atomic mass is 9.76. The summed E-state index contributed by atoms with van der Waals surface area (Å²) in [6.07, 6.45) is -0.947. The Bertz CT molecular complexity index is 1370. The number of benzene rings is 3. The molecule has 198 valence electrons. The highest BCUT2D eigenvalue weighted by atomic mass is 16.7. The van der Waals surface area contributed by atoms with Crippen molar-refractivity contribution >= 4 is 23.2 Å². The SMILES string of the molecule is Cc1ccccc1N1C(=O)[C@H]2[C@H](ON(c3ccccc3)[C@H]2c2cc(C(C)(C)C)c(O)c(C(C)(C)C)c2)C1=O. The number of fused-ring (bicyclic) bond motifs is 1. The van der Waals surface area contributed by atoms with Crippen LogP contribution >= 0.6 is 0 Å². The second-order valence-electron chi connectivity index (χ2n) is 12.4. The zero-order valence-electron chi connectivity index (χ0n) is 23.1. The smallest absolute Gasteiger partial charge is 0.266 e. The molecular weight excluding hydrogens is 476 g/mol. The fourth-order valence-electron chi connectivity index (χ4n) is 5.57. The average Bonchev–Trinajstić information content (AvgIpc) is 3.35. The maximum Gasteiger partial charge on any atom is 0.266 e. The first-order valence-corrected chi connectivity index (χ1v) is 13.1. The second kappa shape index (κ2) is 8.98. The van der Waals surface area contributed by atoms with Gasteiger partial charge in [-0.3, -0.25) is 14.4 Å². The number of aromatic hydroxyl groups is 1. The summed E-state index contributed by atoms with van der Waals surface area (Å²) in [4.78, 5) is 35.5. The van der Waals surface area contributed by atoms with Gasteiger partial charge in [-0.2, -0.15) is 0 Å². The highest BCUT2D eigenvalue weighted by molar-refractivity contribution is 6.24. The molecule has 2 saturated heterocycles. The van der Waals surface area contributed by atoms with Crippen LogP contribution in [0.4, 0.5) is 11.4 Å². The van der Waals surface area contributed by atoms with Gasteiger partial charge in [-0.15, -0.1) is 0 Å². The summed E-state index contributed by atoms with van der Waals surface area (Å²) in [5, 5.41) is 13.1. The second-order valence-corrected chi connectivity index (χ2v) is 12.4. The number of phenolic OH excluding ortho intramolecular Hbond substituents is 1. The molecule has 2 aliphatic rings. The van der Waals surface area contributed by atoms with Crippen LogP contribution in [-0.2, 0) is 25.3 Å². The Hall–Kier alpha value is -3.64. The van der Waals surface area contributed by atoms with E-state index in [0.29, 0.717) is 5.69 Å². The van der Waals surface area contributed by atoms with E-state index < -0.39 is 18.1 Å². The normalized spacial score (nSPS) is 21.8. The molecule has 0 aromatic heterocycles. The van der Waals surface area contributed by atoms with Crippen molar-refractivity contribution in [2.75, 3.05) is 9.96 Å². The van der Waals surface area contributed by atoms with Gasteiger partial charge >= 0.3 is 0 Å². The van der Waals surface area contributed by atoms with Crippen molar-refractivity contribution in [1.82, 2.24) is 0 Å². The molecule has 0 radical (unpaired) electrons. The molecule has 0 aliphatic carbocycles. The molecule has 6 heteroatoms. The Morgan fingerprint density at radius 2 is 1.34 bits per heavy atom. The van der Waals surface area contributed by atoms with Crippen molar-refractivity contribution in [3.8, 4) is 5.75 Å². The van der Waals surface area contributed by atoms with Gasteiger partial charge < -0.3 is 5.11 Å². The summed E-state index contributed by atoms with van der Waals surface area (Å²) in [5.74, 6) is -1.11. The zero-order valence-corrected chi connectivity index (χ0v) is 23.1. The van der Waals surface area contributed by atoms with Crippen LogP contribution in [0.2, 0.25) is 0 Å². The fraction of sp³-hybridized carbons (Fsp3) is 0.375. The van der Waals surface area contributed by atoms with Crippen LogP contribution in [0.1, 0.15) is 69.8 Å². The molecule has 3 aromatic rings. The van der Waals surface area contributed by atoms with Crippen molar-refractivity contribution in [2.24, 2.45) is 5.92 Å². The number of aryl methyl sites for hydroxylation is 1. The highest BCUT2D eigenvalue weighted by Crippen LogP contribution is 2.50. The minimum atomic E-state index is -0.947. The standard InChI is InChI=1S/C32H36N2O4/c1-19-13-11-12-16-24(19)33-29(36)25-26(34(38-28(25)30(33)37)21-14-9-8-10-15-21)20-17-22(31(2,3)4)27(35)23(18-20)32(5,6)7/h8-18,25-26,28,35H,1-7H3/t25-,26+,28+/m1/s1. The van der Waals surface area contributed by atoms with Crippen molar-refractivity contribution < 1.29 is 19.5 Å². The molecule has 3 aromatic carbocycles. The molecule has 0 saturated carbocycles. The van der Waals surface area contributed by atoms with Crippen molar-refractivity contribution in [1.29, 1.82) is 0 Å². The maximum atomic E-state index is 14.1. The number of para-hydroxylation sites is 2. The van der Waals surface area contributed by atoms with Gasteiger partial charge in [-0.1, -0.05) is 77.9 Å². The first-order valence-electron chi connectivity index (χ1n) is 13.1. The van der Waals surface area contributed by atoms with E-state index in [4.69, 9.17) is 4.84 Å². The number of hydroxylamine groups is 1. The van der Waals surface area contributed by atoms with Gasteiger partial charge in [-0.25, -0.2) is 9.96 Å². The van der Waals surface area contributed by atoms with E-state index in [0.717, 1.165) is 27.9 Å². The van der Waals surface area contributed by atoms with Crippen LogP contribution in [0.15, 0.2) is 66.7 Å². The predicted molar refractivity (Wildman–Crippen MR) is 149 cm³/mol. The third-order valence-electron chi connectivity index (χ3n) is 7.57. The molecule has 2 amide bonds. The zero-order chi connectivity index (χ0) is 27.6. The van der Waals surface area contributed by atoms with Gasteiger partial charge in [0.1, 0.15) is 11.7 Å². The largest absolute Gasteiger partial charge is 0.507 e. The van der Waals surface area contributed by atoms with E-state index in [1.165, 1.54) is 4.90 Å². The number of carbonyl (C=O) groups is 2. The lowest BCUT2D eigenvalue weighted by Crippen LogP contribution is -2.38. The van der Waals surface area contributed by atoms with Gasteiger partial charge in [0.25, 0.3) is 5.91 Å². The van der Waals surface area contributed by atoms with Crippen LogP contribution in [0, 0.1) is 12.8 Å². The first kappa shape index (κ1) is 26.0. The van der Waals surface area contributed by atoms with Crippen molar-refractivity contribution in [2.45, 2.75) is 71.4 Å². The number of rotatable bonds is 3. The fourth-order valence-corrected chi connectivity index (χ4v) is 5.57. The Morgan fingerprint density at radius 3 is 1.89 bits per heavy atom. The van der Waals surface area contributed by atoms with Crippen LogP contribution < -0.4 is 9.96 Å². The third-order valence-corrected chi connectivity index (χ3v) is 7.57. The number of carbonyl (C=O) groups excluding carboxylic acids is 2. The molecule has 6 nitrogen and oxygen atoms in total. The molecule has 0 spiro atoms. The van der Waals surface area contributed by atoms with Crippen LogP contribution in [-0.4, -0.2) is 23.0 Å². The summed E-state index contributed by atoms with van der Waals surface area (Å²) in [5.41, 5.74) is 3.92. The van der Waals surface area contributed by atoms with E-state index in [9.17, 15) is 14.7 Å². The highest BCUT2D eigenvalue weighted by Gasteiger charge is 2.60. The Morgan fingerprint density at radius 1 is 0.789 bits per heavy atom. The number of hydrogen-bond donors (Lipinski definition) is 1. The maximum absolute atomic E-state index is 14.1. The lowest BCUT2D eigenvalue weighted by Gasteiger charge is -2.33. The Kier molecular flexibility index (Phi) is 6.14. The van der Waals surface area contributed by atoms with Gasteiger partial charge in [0, 0.05) is 0 Å². The van der Waals surface area contributed by atoms with E-state index in [1.807, 2.05) is 67.6 Å². The summed E-state index contributed by atoms with van der Waals surface area (Å²) in [7, 11) is 0. The number of nitrogens with zero attached hydrogens (tertiary/aromatic N) is 2. The molecule has 1 N–H and O–H groups in total. The Labute approximate surface area is 224 Å². The Balaban J connectivity index is 1.71. The summed E-state index contributed by atoms with van der Waals surface area (Å²) in [6.45, 7) is 14.3. The third kappa shape index (κ3) is 4.17. The first-order chi connectivity index (χ1) is 17.8. The van der Waals surface area contributed by atoms with Crippen molar-refractivity contribution in [3.05, 3.63) is 89.0 Å². The monoisotopic (exact) mass is 512 g/mol. The molecule has 0 bridgehead atoms. The van der Waals surface area contributed by atoms with Crippen LogP contribution in [0.3, 0.4) is 0 Å². The molecule has 2 aliphatic heterocycles. The van der Waals surface area contributed by atoms with E-state index in [-0.39, 0.29) is 28.4 Å². The molecule has 38 heavy (non-hydrogen) atoms. The van der Waals surface area contributed by atoms with Crippen LogP contribution in [0.5, 0.6) is 5.75 Å². The van der Waals surface area contributed by atoms with Gasteiger partial charge in [0.2, 0.25) is 5.91 Å². The number of imide groups is 1. The average molecular weight is 513 g/mol. The minimum absolute atomic E-state index is 0.269. The number of amides is 2. The summed E-state index contributed by atoms with van der Waals surface area (Å²) in [6, 6.07) is 20.4. The molecular formula is C32H36N2O4. The number of hydrogen-bond acceptors (Lipinski definition) is 5. The molecule has 5 rings (SSSR count). The lowest BCUT2D eigenvalue weighted by molar-refractivity contribution is -0.126. The van der Waals surface area contributed by atoms with E-state index in [1.54, 1.807) is 11.1 Å². The van der Waals surface area contributed by atoms with E-state index >= 15 is 0 Å². The van der Waals surface area contributed by atoms with Gasteiger partial charge in [-0.05, 0) is 70.3 Å². The number of anilines is 2. The van der Waals surface area contributed by atoms with Crippen LogP contribution in [0.25, 0.3) is 0 Å². The summed E-state index contributed by atoms with van der Waals surface area (Å²) < 4.78 is 0. The molecule has 2 fully saturated rings. The minimum Gasteiger partial charge on any atom is -0.507 e. The summed E-state index contributed by atoms with van der Waals surface area (Å²) >= 11 is 0. The molecule has 3 atom stereocenters. The number of phenols is 1. The predicted octanol–water partition coefficient (Wildman–Crippen LogP) is 6.35. The molecule has 0 unspecified atom stereocenters. The van der Waals surface area contributed by atoms with Gasteiger partial charge in [0.15, 0.2) is 6.10 Å².